The average Bonchev–Trinajstić information content (AvgIpc) is 2.75. The van der Waals surface area contributed by atoms with Gasteiger partial charge in [-0.1, -0.05) is 18.2 Å². The standard InChI is InChI=1S/C14H23N3/c1-16(2)9-10-17(3)11-13-6-4-5-12-7-8-15-14(12)13/h4-6,15H,7-11H2,1-3H3. The Kier molecular flexibility index (Phi) is 4.02. The number of nitrogens with zero attached hydrogens (tertiary/aromatic N) is 2. The van der Waals surface area contributed by atoms with Crippen LogP contribution in [0.25, 0.3) is 0 Å². The maximum absolute atomic E-state index is 3.50. The van der Waals surface area contributed by atoms with Gasteiger partial charge in [-0.15, -0.1) is 0 Å². The Morgan fingerprint density at radius 3 is 2.76 bits per heavy atom. The molecule has 1 aliphatic heterocycles. The number of rotatable bonds is 5. The second kappa shape index (κ2) is 5.52. The summed E-state index contributed by atoms with van der Waals surface area (Å²) in [7, 11) is 6.43. The zero-order valence-electron chi connectivity index (χ0n) is 11.2. The predicted molar refractivity (Wildman–Crippen MR) is 73.5 cm³/mol. The predicted octanol–water partition coefficient (Wildman–Crippen LogP) is 1.65. The van der Waals surface area contributed by atoms with E-state index in [0.29, 0.717) is 0 Å². The summed E-state index contributed by atoms with van der Waals surface area (Å²) in [6.45, 7) is 4.34. The average molecular weight is 233 g/mol. The van der Waals surface area contributed by atoms with Gasteiger partial charge in [-0.3, -0.25) is 0 Å². The topological polar surface area (TPSA) is 18.5 Å². The van der Waals surface area contributed by atoms with E-state index in [1.165, 1.54) is 23.2 Å². The first-order valence-electron chi connectivity index (χ1n) is 6.35. The molecule has 2 rings (SSSR count). The van der Waals surface area contributed by atoms with Crippen molar-refractivity contribution < 1.29 is 0 Å². The van der Waals surface area contributed by atoms with Crippen molar-refractivity contribution in [2.75, 3.05) is 46.1 Å². The van der Waals surface area contributed by atoms with Gasteiger partial charge >= 0.3 is 0 Å². The van der Waals surface area contributed by atoms with Gasteiger partial charge in [-0.05, 0) is 38.7 Å². The van der Waals surface area contributed by atoms with Gasteiger partial charge in [-0.25, -0.2) is 0 Å². The highest BCUT2D eigenvalue weighted by Crippen LogP contribution is 2.26. The molecule has 0 spiro atoms. The van der Waals surface area contributed by atoms with E-state index < -0.39 is 0 Å². The fourth-order valence-corrected chi connectivity index (χ4v) is 2.28. The van der Waals surface area contributed by atoms with Crippen LogP contribution in [0.2, 0.25) is 0 Å². The van der Waals surface area contributed by atoms with Crippen LogP contribution >= 0.6 is 0 Å². The molecule has 0 amide bonds. The Balaban J connectivity index is 1.97. The third-order valence-corrected chi connectivity index (χ3v) is 3.30. The lowest BCUT2D eigenvalue weighted by Crippen LogP contribution is -2.28. The molecule has 94 valence electrons. The number of likely N-dealkylation sites (N-methyl/N-ethyl adjacent to an activating group) is 2. The Hall–Kier alpha value is -1.06. The van der Waals surface area contributed by atoms with Crippen LogP contribution in [0.3, 0.4) is 0 Å². The zero-order valence-corrected chi connectivity index (χ0v) is 11.2. The lowest BCUT2D eigenvalue weighted by molar-refractivity contribution is 0.276. The number of hydrogen-bond acceptors (Lipinski definition) is 3. The monoisotopic (exact) mass is 233 g/mol. The van der Waals surface area contributed by atoms with Gasteiger partial charge in [0.1, 0.15) is 0 Å². The first-order chi connectivity index (χ1) is 8.16. The molecular weight excluding hydrogens is 210 g/mol. The minimum absolute atomic E-state index is 1.03. The normalized spacial score (nSPS) is 14.2. The number of fused-ring (bicyclic) bond motifs is 1. The Bertz CT molecular complexity index is 374. The van der Waals surface area contributed by atoms with Crippen molar-refractivity contribution in [1.82, 2.24) is 9.80 Å². The minimum Gasteiger partial charge on any atom is -0.384 e. The molecule has 0 fully saturated rings. The number of para-hydroxylation sites is 1. The summed E-state index contributed by atoms with van der Waals surface area (Å²) in [6.07, 6.45) is 1.17. The van der Waals surface area contributed by atoms with Crippen molar-refractivity contribution in [1.29, 1.82) is 0 Å². The first-order valence-corrected chi connectivity index (χ1v) is 6.35. The maximum atomic E-state index is 3.50. The minimum atomic E-state index is 1.03. The molecule has 1 aromatic rings. The first kappa shape index (κ1) is 12.4. The van der Waals surface area contributed by atoms with Gasteiger partial charge in [0.2, 0.25) is 0 Å². The molecule has 0 saturated heterocycles. The van der Waals surface area contributed by atoms with Crippen LogP contribution in [0.5, 0.6) is 0 Å². The SMILES string of the molecule is CN(C)CCN(C)Cc1cccc2c1NCC2. The van der Waals surface area contributed by atoms with E-state index in [9.17, 15) is 0 Å². The summed E-state index contributed by atoms with van der Waals surface area (Å²) < 4.78 is 0. The molecule has 0 bridgehead atoms. The van der Waals surface area contributed by atoms with Gasteiger partial charge in [-0.2, -0.15) is 0 Å². The summed E-state index contributed by atoms with van der Waals surface area (Å²) in [6, 6.07) is 6.66. The van der Waals surface area contributed by atoms with Crippen molar-refractivity contribution in [3.05, 3.63) is 29.3 Å². The molecular formula is C14H23N3. The van der Waals surface area contributed by atoms with Crippen molar-refractivity contribution in [2.45, 2.75) is 13.0 Å². The fraction of sp³-hybridized carbons (Fsp3) is 0.571. The van der Waals surface area contributed by atoms with Crippen molar-refractivity contribution in [2.24, 2.45) is 0 Å². The lowest BCUT2D eigenvalue weighted by Gasteiger charge is -2.20. The molecule has 0 saturated carbocycles. The zero-order chi connectivity index (χ0) is 12.3. The second-order valence-electron chi connectivity index (χ2n) is 5.17. The van der Waals surface area contributed by atoms with E-state index in [1.54, 1.807) is 0 Å². The van der Waals surface area contributed by atoms with Crippen LogP contribution in [0.4, 0.5) is 5.69 Å². The summed E-state index contributed by atoms with van der Waals surface area (Å²) in [5, 5.41) is 3.50. The maximum Gasteiger partial charge on any atom is 0.0419 e. The van der Waals surface area contributed by atoms with Crippen molar-refractivity contribution >= 4 is 5.69 Å². The third kappa shape index (κ3) is 3.20. The van der Waals surface area contributed by atoms with Crippen LogP contribution < -0.4 is 5.32 Å². The molecule has 1 heterocycles. The summed E-state index contributed by atoms with van der Waals surface area (Å²) in [5.74, 6) is 0. The van der Waals surface area contributed by atoms with Gasteiger partial charge < -0.3 is 15.1 Å². The van der Waals surface area contributed by atoms with Crippen molar-refractivity contribution in [3.63, 3.8) is 0 Å². The Labute approximate surface area is 104 Å². The molecule has 0 unspecified atom stereocenters. The second-order valence-corrected chi connectivity index (χ2v) is 5.17. The van der Waals surface area contributed by atoms with Gasteiger partial charge in [0.05, 0.1) is 0 Å². The highest BCUT2D eigenvalue weighted by molar-refractivity contribution is 5.61. The number of hydrogen-bond donors (Lipinski definition) is 1. The van der Waals surface area contributed by atoms with E-state index >= 15 is 0 Å². The van der Waals surface area contributed by atoms with Crippen LogP contribution in [0, 0.1) is 0 Å². The van der Waals surface area contributed by atoms with E-state index in [4.69, 9.17) is 0 Å². The van der Waals surface area contributed by atoms with Gasteiger partial charge in [0.25, 0.3) is 0 Å². The quantitative estimate of drug-likeness (QED) is 0.834. The molecule has 1 aromatic carbocycles. The van der Waals surface area contributed by atoms with Crippen LogP contribution in [-0.4, -0.2) is 50.6 Å². The molecule has 0 radical (unpaired) electrons. The summed E-state index contributed by atoms with van der Waals surface area (Å²) in [4.78, 5) is 4.61. The third-order valence-electron chi connectivity index (χ3n) is 3.30. The van der Waals surface area contributed by atoms with Crippen LogP contribution in [-0.2, 0) is 13.0 Å². The Morgan fingerprint density at radius 1 is 1.18 bits per heavy atom. The highest BCUT2D eigenvalue weighted by Gasteiger charge is 2.14. The fourth-order valence-electron chi connectivity index (χ4n) is 2.28. The molecule has 0 aromatic heterocycles. The van der Waals surface area contributed by atoms with E-state index in [0.717, 1.165) is 26.2 Å². The smallest absolute Gasteiger partial charge is 0.0419 e. The largest absolute Gasteiger partial charge is 0.384 e. The summed E-state index contributed by atoms with van der Waals surface area (Å²) in [5.41, 5.74) is 4.29. The molecule has 0 aliphatic carbocycles. The highest BCUT2D eigenvalue weighted by atomic mass is 15.1. The number of anilines is 1. The van der Waals surface area contributed by atoms with E-state index in [-0.39, 0.29) is 0 Å². The summed E-state index contributed by atoms with van der Waals surface area (Å²) >= 11 is 0. The van der Waals surface area contributed by atoms with Gasteiger partial charge in [0, 0.05) is 31.9 Å². The molecule has 3 nitrogen and oxygen atoms in total. The molecule has 17 heavy (non-hydrogen) atoms. The molecule has 3 heteroatoms. The molecule has 0 atom stereocenters. The Morgan fingerprint density at radius 2 is 2.00 bits per heavy atom. The molecule has 1 aliphatic rings. The number of benzene rings is 1. The molecule has 1 N–H and O–H groups in total. The number of nitrogens with one attached hydrogen (secondary N) is 1. The van der Waals surface area contributed by atoms with Crippen LogP contribution in [0.15, 0.2) is 18.2 Å². The van der Waals surface area contributed by atoms with Crippen molar-refractivity contribution in [3.8, 4) is 0 Å². The van der Waals surface area contributed by atoms with Gasteiger partial charge in [0.15, 0.2) is 0 Å². The lowest BCUT2D eigenvalue weighted by atomic mass is 10.1. The van der Waals surface area contributed by atoms with Crippen LogP contribution in [0.1, 0.15) is 11.1 Å². The van der Waals surface area contributed by atoms with E-state index in [1.807, 2.05) is 0 Å². The van der Waals surface area contributed by atoms with E-state index in [2.05, 4.69) is 54.5 Å².